The second kappa shape index (κ2) is 9.32. The Balaban J connectivity index is 1.99. The molecule has 1 heterocycles. The van der Waals surface area contributed by atoms with Gasteiger partial charge in [-0.1, -0.05) is 11.6 Å². The van der Waals surface area contributed by atoms with Crippen molar-refractivity contribution >= 4 is 29.1 Å². The maximum Gasteiger partial charge on any atom is 0.267 e. The average Bonchev–Trinajstić information content (AvgIpc) is 2.72. The van der Waals surface area contributed by atoms with Crippen LogP contribution in [-0.4, -0.2) is 27.9 Å². The van der Waals surface area contributed by atoms with E-state index in [-0.39, 0.29) is 11.4 Å². The van der Waals surface area contributed by atoms with Gasteiger partial charge in [-0.2, -0.15) is 0 Å². The summed E-state index contributed by atoms with van der Waals surface area (Å²) >= 11 is 5.84. The molecule has 0 bridgehead atoms. The number of amides is 2. The van der Waals surface area contributed by atoms with Gasteiger partial charge >= 0.3 is 0 Å². The van der Waals surface area contributed by atoms with Gasteiger partial charge in [0.15, 0.2) is 0 Å². The van der Waals surface area contributed by atoms with Crippen LogP contribution in [0.25, 0.3) is 11.4 Å². The smallest absolute Gasteiger partial charge is 0.267 e. The Kier molecular flexibility index (Phi) is 6.58. The summed E-state index contributed by atoms with van der Waals surface area (Å²) in [5.41, 5.74) is 0.0485. The maximum absolute atomic E-state index is 13.3. The fraction of sp³-hybridized carbons (Fsp3) is 0.143. The monoisotopic (exact) mass is 428 g/mol. The van der Waals surface area contributed by atoms with Crippen molar-refractivity contribution in [2.75, 3.05) is 11.9 Å². The molecule has 2 N–H and O–H groups in total. The van der Waals surface area contributed by atoms with Crippen LogP contribution < -0.4 is 16.2 Å². The molecule has 154 valence electrons. The SMILES string of the molecule is CCNC(=O)c1cnc(-c2ccc(F)cc2)n(CC(=O)Nc2ccc(Cl)cc2)c1=O. The molecule has 7 nitrogen and oxygen atoms in total. The van der Waals surface area contributed by atoms with Gasteiger partial charge in [0.1, 0.15) is 23.7 Å². The Morgan fingerprint density at radius 3 is 2.40 bits per heavy atom. The summed E-state index contributed by atoms with van der Waals surface area (Å²) in [5.74, 6) is -1.41. The van der Waals surface area contributed by atoms with E-state index in [0.29, 0.717) is 22.8 Å². The zero-order valence-corrected chi connectivity index (χ0v) is 16.7. The topological polar surface area (TPSA) is 93.1 Å². The third kappa shape index (κ3) is 4.90. The highest BCUT2D eigenvalue weighted by atomic mass is 35.5. The summed E-state index contributed by atoms with van der Waals surface area (Å²) in [7, 11) is 0. The number of benzene rings is 2. The fourth-order valence-electron chi connectivity index (χ4n) is 2.76. The standard InChI is InChI=1S/C21H18ClFN4O3/c1-2-24-20(29)17-11-25-19(13-3-7-15(23)8-4-13)27(21(17)30)12-18(28)26-16-9-5-14(22)6-10-16/h3-11H,2,12H2,1H3,(H,24,29)(H,26,28). The number of carbonyl (C=O) groups excluding carboxylic acids is 2. The minimum Gasteiger partial charge on any atom is -0.352 e. The van der Waals surface area contributed by atoms with Gasteiger partial charge in [0, 0.05) is 29.0 Å². The predicted octanol–water partition coefficient (Wildman–Crippen LogP) is 3.09. The van der Waals surface area contributed by atoms with Gasteiger partial charge < -0.3 is 10.6 Å². The summed E-state index contributed by atoms with van der Waals surface area (Å²) in [6.07, 6.45) is 1.15. The number of nitrogens with zero attached hydrogens (tertiary/aromatic N) is 2. The molecular formula is C21H18ClFN4O3. The molecule has 3 rings (SSSR count). The molecule has 30 heavy (non-hydrogen) atoms. The van der Waals surface area contributed by atoms with E-state index >= 15 is 0 Å². The molecular weight excluding hydrogens is 411 g/mol. The Bertz CT molecular complexity index is 1130. The molecule has 0 spiro atoms. The summed E-state index contributed by atoms with van der Waals surface area (Å²) in [6.45, 7) is 1.65. The molecule has 0 saturated heterocycles. The van der Waals surface area contributed by atoms with Gasteiger partial charge in [-0.3, -0.25) is 19.0 Å². The molecule has 0 unspecified atom stereocenters. The third-order valence-electron chi connectivity index (χ3n) is 4.16. The van der Waals surface area contributed by atoms with Gasteiger partial charge in [0.25, 0.3) is 11.5 Å². The minimum absolute atomic E-state index is 0.138. The van der Waals surface area contributed by atoms with Crippen molar-refractivity contribution in [3.05, 3.63) is 81.5 Å². The number of nitrogens with one attached hydrogen (secondary N) is 2. The van der Waals surface area contributed by atoms with Crippen molar-refractivity contribution in [2.45, 2.75) is 13.5 Å². The zero-order valence-electron chi connectivity index (χ0n) is 16.0. The van der Waals surface area contributed by atoms with Crippen LogP contribution in [0, 0.1) is 5.82 Å². The lowest BCUT2D eigenvalue weighted by Gasteiger charge is -2.14. The molecule has 0 saturated carbocycles. The number of anilines is 1. The van der Waals surface area contributed by atoms with E-state index in [4.69, 9.17) is 11.6 Å². The highest BCUT2D eigenvalue weighted by Gasteiger charge is 2.19. The third-order valence-corrected chi connectivity index (χ3v) is 4.41. The highest BCUT2D eigenvalue weighted by molar-refractivity contribution is 6.30. The number of carbonyl (C=O) groups is 2. The van der Waals surface area contributed by atoms with Crippen LogP contribution in [0.1, 0.15) is 17.3 Å². The molecule has 2 aromatic carbocycles. The van der Waals surface area contributed by atoms with Gasteiger partial charge in [-0.15, -0.1) is 0 Å². The average molecular weight is 429 g/mol. The van der Waals surface area contributed by atoms with Crippen LogP contribution in [0.2, 0.25) is 5.02 Å². The van der Waals surface area contributed by atoms with Gasteiger partial charge in [-0.25, -0.2) is 9.37 Å². The fourth-order valence-corrected chi connectivity index (χ4v) is 2.88. The van der Waals surface area contributed by atoms with E-state index < -0.39 is 29.7 Å². The van der Waals surface area contributed by atoms with Crippen molar-refractivity contribution < 1.29 is 14.0 Å². The lowest BCUT2D eigenvalue weighted by atomic mass is 10.2. The van der Waals surface area contributed by atoms with Gasteiger partial charge in [-0.05, 0) is 55.5 Å². The first-order valence-corrected chi connectivity index (χ1v) is 9.46. The Hall–Kier alpha value is -3.52. The lowest BCUT2D eigenvalue weighted by molar-refractivity contribution is -0.116. The van der Waals surface area contributed by atoms with Crippen molar-refractivity contribution in [2.24, 2.45) is 0 Å². The predicted molar refractivity (Wildman–Crippen MR) is 112 cm³/mol. The summed E-state index contributed by atoms with van der Waals surface area (Å²) in [5, 5.41) is 5.72. The first kappa shape index (κ1) is 21.2. The van der Waals surface area contributed by atoms with Crippen LogP contribution in [0.15, 0.2) is 59.5 Å². The van der Waals surface area contributed by atoms with Crippen molar-refractivity contribution in [1.29, 1.82) is 0 Å². The summed E-state index contributed by atoms with van der Waals surface area (Å²) < 4.78 is 14.4. The van der Waals surface area contributed by atoms with Crippen molar-refractivity contribution in [1.82, 2.24) is 14.9 Å². The van der Waals surface area contributed by atoms with Crippen LogP contribution in [-0.2, 0) is 11.3 Å². The molecule has 3 aromatic rings. The molecule has 0 aliphatic heterocycles. The quantitative estimate of drug-likeness (QED) is 0.631. The largest absolute Gasteiger partial charge is 0.352 e. The number of halogens is 2. The van der Waals surface area contributed by atoms with Crippen molar-refractivity contribution in [3.8, 4) is 11.4 Å². The summed E-state index contributed by atoms with van der Waals surface area (Å²) in [4.78, 5) is 41.9. The normalized spacial score (nSPS) is 10.5. The maximum atomic E-state index is 13.3. The highest BCUT2D eigenvalue weighted by Crippen LogP contribution is 2.17. The number of hydrogen-bond donors (Lipinski definition) is 2. The Labute approximate surface area is 176 Å². The van der Waals surface area contributed by atoms with E-state index in [9.17, 15) is 18.8 Å². The molecule has 0 atom stereocenters. The molecule has 0 aliphatic carbocycles. The van der Waals surface area contributed by atoms with Gasteiger partial charge in [0.05, 0.1) is 0 Å². The van der Waals surface area contributed by atoms with Crippen LogP contribution in [0.5, 0.6) is 0 Å². The lowest BCUT2D eigenvalue weighted by Crippen LogP contribution is -2.36. The number of hydrogen-bond acceptors (Lipinski definition) is 4. The molecule has 9 heteroatoms. The van der Waals surface area contributed by atoms with E-state index in [2.05, 4.69) is 15.6 Å². The molecule has 1 aromatic heterocycles. The number of aromatic nitrogens is 2. The zero-order chi connectivity index (χ0) is 21.7. The van der Waals surface area contributed by atoms with Gasteiger partial charge in [0.2, 0.25) is 5.91 Å². The minimum atomic E-state index is -0.679. The number of rotatable bonds is 6. The summed E-state index contributed by atoms with van der Waals surface area (Å²) in [6, 6.07) is 11.8. The molecule has 0 radical (unpaired) electrons. The van der Waals surface area contributed by atoms with Crippen LogP contribution in [0.3, 0.4) is 0 Å². The molecule has 0 fully saturated rings. The second-order valence-electron chi connectivity index (χ2n) is 6.31. The van der Waals surface area contributed by atoms with Crippen molar-refractivity contribution in [3.63, 3.8) is 0 Å². The molecule has 2 amide bonds. The van der Waals surface area contributed by atoms with E-state index in [1.54, 1.807) is 31.2 Å². The Morgan fingerprint density at radius 2 is 1.77 bits per heavy atom. The van der Waals surface area contributed by atoms with E-state index in [1.165, 1.54) is 24.3 Å². The van der Waals surface area contributed by atoms with E-state index in [0.717, 1.165) is 10.8 Å². The van der Waals surface area contributed by atoms with Crippen LogP contribution in [0.4, 0.5) is 10.1 Å². The molecule has 0 aliphatic rings. The second-order valence-corrected chi connectivity index (χ2v) is 6.74. The van der Waals surface area contributed by atoms with Crippen LogP contribution >= 0.6 is 11.6 Å². The first-order chi connectivity index (χ1) is 14.4. The first-order valence-electron chi connectivity index (χ1n) is 9.08. The Morgan fingerprint density at radius 1 is 1.10 bits per heavy atom. The van der Waals surface area contributed by atoms with E-state index in [1.807, 2.05) is 0 Å².